The highest BCUT2D eigenvalue weighted by Gasteiger charge is 2.16. The molecule has 0 fully saturated rings. The second kappa shape index (κ2) is 12.2. The standard InChI is InChI=1S/C24H29NO3S/c1-4-6-7-8-12-22(27)24(25-28-18(3)26)20-14-16-21(17-15-20)29-23-13-10-9-11-19(23)5-2/h9-11,13-17H,4-8,12H2,1-3H3. The Morgan fingerprint density at radius 1 is 0.966 bits per heavy atom. The van der Waals surface area contributed by atoms with Gasteiger partial charge in [-0.1, -0.05) is 80.4 Å². The molecule has 5 heteroatoms. The van der Waals surface area contributed by atoms with Crippen LogP contribution in [0.2, 0.25) is 0 Å². The van der Waals surface area contributed by atoms with Crippen molar-refractivity contribution in [1.29, 1.82) is 0 Å². The lowest BCUT2D eigenvalue weighted by molar-refractivity contribution is -0.140. The quantitative estimate of drug-likeness (QED) is 0.191. The molecule has 0 N–H and O–H groups in total. The second-order valence-electron chi connectivity index (χ2n) is 6.84. The Morgan fingerprint density at radius 2 is 1.69 bits per heavy atom. The van der Waals surface area contributed by atoms with E-state index in [-0.39, 0.29) is 11.5 Å². The van der Waals surface area contributed by atoms with Crippen LogP contribution in [0.5, 0.6) is 0 Å². The van der Waals surface area contributed by atoms with Gasteiger partial charge in [0.05, 0.1) is 0 Å². The largest absolute Gasteiger partial charge is 0.332 e. The minimum atomic E-state index is -0.537. The van der Waals surface area contributed by atoms with Gasteiger partial charge in [0.15, 0.2) is 11.5 Å². The lowest BCUT2D eigenvalue weighted by Gasteiger charge is -2.09. The molecular formula is C24H29NO3S. The maximum absolute atomic E-state index is 12.7. The van der Waals surface area contributed by atoms with Gasteiger partial charge in [-0.25, -0.2) is 4.79 Å². The van der Waals surface area contributed by atoms with E-state index in [1.807, 2.05) is 30.3 Å². The molecule has 0 spiro atoms. The summed E-state index contributed by atoms with van der Waals surface area (Å²) >= 11 is 1.70. The lowest BCUT2D eigenvalue weighted by atomic mass is 10.0. The average molecular weight is 412 g/mol. The van der Waals surface area contributed by atoms with E-state index in [1.54, 1.807) is 11.8 Å². The van der Waals surface area contributed by atoms with Gasteiger partial charge in [-0.3, -0.25) is 4.79 Å². The van der Waals surface area contributed by atoms with Gasteiger partial charge >= 0.3 is 5.97 Å². The molecule has 0 heterocycles. The van der Waals surface area contributed by atoms with Gasteiger partial charge in [-0.2, -0.15) is 0 Å². The summed E-state index contributed by atoms with van der Waals surface area (Å²) in [5.74, 6) is -0.635. The lowest BCUT2D eigenvalue weighted by Crippen LogP contribution is -2.16. The van der Waals surface area contributed by atoms with Crippen molar-refractivity contribution in [3.05, 3.63) is 59.7 Å². The van der Waals surface area contributed by atoms with Gasteiger partial charge in [0.2, 0.25) is 0 Å². The van der Waals surface area contributed by atoms with Gasteiger partial charge in [0, 0.05) is 28.7 Å². The third-order valence-electron chi connectivity index (χ3n) is 4.50. The zero-order chi connectivity index (χ0) is 21.1. The van der Waals surface area contributed by atoms with Crippen LogP contribution in [0.1, 0.15) is 64.0 Å². The number of carbonyl (C=O) groups excluding carboxylic acids is 2. The summed E-state index contributed by atoms with van der Waals surface area (Å²) in [5, 5.41) is 3.84. The number of oxime groups is 1. The fourth-order valence-electron chi connectivity index (χ4n) is 2.91. The molecule has 0 unspecified atom stereocenters. The number of aryl methyl sites for hydroxylation is 1. The summed E-state index contributed by atoms with van der Waals surface area (Å²) in [7, 11) is 0. The van der Waals surface area contributed by atoms with Crippen LogP contribution in [-0.4, -0.2) is 17.5 Å². The van der Waals surface area contributed by atoms with Crippen molar-refractivity contribution in [2.45, 2.75) is 69.1 Å². The minimum Gasteiger partial charge on any atom is -0.318 e. The number of nitrogens with zero attached hydrogens (tertiary/aromatic N) is 1. The van der Waals surface area contributed by atoms with Crippen molar-refractivity contribution in [2.24, 2.45) is 5.16 Å². The molecule has 0 saturated carbocycles. The molecule has 2 aromatic rings. The first-order valence-electron chi connectivity index (χ1n) is 10.2. The van der Waals surface area contributed by atoms with Crippen LogP contribution in [-0.2, 0) is 20.8 Å². The Labute approximate surface area is 177 Å². The van der Waals surface area contributed by atoms with E-state index in [0.717, 1.165) is 37.0 Å². The van der Waals surface area contributed by atoms with Crippen LogP contribution in [0.15, 0.2) is 63.5 Å². The summed E-state index contributed by atoms with van der Waals surface area (Å²) in [6, 6.07) is 16.0. The molecule has 0 amide bonds. The van der Waals surface area contributed by atoms with E-state index in [1.165, 1.54) is 17.4 Å². The molecule has 0 atom stereocenters. The Hall–Kier alpha value is -2.40. The molecule has 2 aromatic carbocycles. The smallest absolute Gasteiger partial charge is 0.318 e. The summed E-state index contributed by atoms with van der Waals surface area (Å²) in [4.78, 5) is 30.9. The van der Waals surface area contributed by atoms with Crippen molar-refractivity contribution in [3.63, 3.8) is 0 Å². The molecule has 0 aliphatic carbocycles. The first-order chi connectivity index (χ1) is 14.0. The Bertz CT molecular complexity index is 843. The van der Waals surface area contributed by atoms with Crippen LogP contribution >= 0.6 is 11.8 Å². The molecule has 2 rings (SSSR count). The third-order valence-corrected chi connectivity index (χ3v) is 5.62. The van der Waals surface area contributed by atoms with Crippen LogP contribution in [0.4, 0.5) is 0 Å². The predicted octanol–water partition coefficient (Wildman–Crippen LogP) is 6.21. The maximum Gasteiger partial charge on any atom is 0.332 e. The highest BCUT2D eigenvalue weighted by atomic mass is 32.2. The third kappa shape index (κ3) is 7.50. The first kappa shape index (κ1) is 22.9. The number of benzene rings is 2. The molecule has 0 aromatic heterocycles. The van der Waals surface area contributed by atoms with Gasteiger partial charge < -0.3 is 4.84 Å². The Kier molecular flexibility index (Phi) is 9.65. The van der Waals surface area contributed by atoms with Crippen LogP contribution in [0.25, 0.3) is 0 Å². The molecular weight excluding hydrogens is 382 g/mol. The van der Waals surface area contributed by atoms with Gasteiger partial charge in [0.1, 0.15) is 0 Å². The number of rotatable bonds is 11. The molecule has 0 aliphatic heterocycles. The van der Waals surface area contributed by atoms with Gasteiger partial charge in [0.25, 0.3) is 0 Å². The zero-order valence-electron chi connectivity index (χ0n) is 17.4. The van der Waals surface area contributed by atoms with Crippen molar-refractivity contribution in [3.8, 4) is 0 Å². The fraction of sp³-hybridized carbons (Fsp3) is 0.375. The number of ketones is 1. The van der Waals surface area contributed by atoms with E-state index >= 15 is 0 Å². The average Bonchev–Trinajstić information content (AvgIpc) is 2.72. The highest BCUT2D eigenvalue weighted by molar-refractivity contribution is 7.99. The summed E-state index contributed by atoms with van der Waals surface area (Å²) < 4.78 is 0. The van der Waals surface area contributed by atoms with E-state index in [9.17, 15) is 9.59 Å². The normalized spacial score (nSPS) is 11.3. The topological polar surface area (TPSA) is 55.7 Å². The van der Waals surface area contributed by atoms with Gasteiger partial charge in [-0.15, -0.1) is 0 Å². The van der Waals surface area contributed by atoms with Crippen molar-refractivity contribution in [2.75, 3.05) is 0 Å². The molecule has 4 nitrogen and oxygen atoms in total. The predicted molar refractivity (Wildman–Crippen MR) is 118 cm³/mol. The van der Waals surface area contributed by atoms with E-state index in [2.05, 4.69) is 37.2 Å². The van der Waals surface area contributed by atoms with E-state index in [4.69, 9.17) is 4.84 Å². The first-order valence-corrected chi connectivity index (χ1v) is 11.0. The maximum atomic E-state index is 12.7. The second-order valence-corrected chi connectivity index (χ2v) is 7.96. The SMILES string of the molecule is CCCCCCC(=O)C(=NOC(C)=O)c1ccc(Sc2ccccc2CC)cc1. The van der Waals surface area contributed by atoms with Crippen molar-refractivity contribution in [1.82, 2.24) is 0 Å². The number of unbranched alkanes of at least 4 members (excludes halogenated alkanes) is 3. The molecule has 0 bridgehead atoms. The zero-order valence-corrected chi connectivity index (χ0v) is 18.3. The molecule has 0 saturated heterocycles. The number of carbonyl (C=O) groups is 2. The van der Waals surface area contributed by atoms with Crippen LogP contribution < -0.4 is 0 Å². The fourth-order valence-corrected chi connectivity index (χ4v) is 3.92. The van der Waals surface area contributed by atoms with E-state index in [0.29, 0.717) is 12.0 Å². The highest BCUT2D eigenvalue weighted by Crippen LogP contribution is 2.31. The number of hydrogen-bond donors (Lipinski definition) is 0. The molecule has 0 aliphatic rings. The summed E-state index contributed by atoms with van der Waals surface area (Å²) in [6.07, 6.45) is 5.42. The number of Topliss-reactive ketones (excluding diaryl/α,β-unsaturated/α-hetero) is 1. The van der Waals surface area contributed by atoms with Gasteiger partial charge in [-0.05, 0) is 36.6 Å². The molecule has 154 valence electrons. The summed E-state index contributed by atoms with van der Waals surface area (Å²) in [6.45, 7) is 5.55. The molecule has 0 radical (unpaired) electrons. The van der Waals surface area contributed by atoms with Crippen molar-refractivity contribution < 1.29 is 14.4 Å². The molecule has 29 heavy (non-hydrogen) atoms. The van der Waals surface area contributed by atoms with Crippen LogP contribution in [0, 0.1) is 0 Å². The Balaban J connectivity index is 2.15. The summed E-state index contributed by atoms with van der Waals surface area (Å²) in [5.41, 5.74) is 2.18. The van der Waals surface area contributed by atoms with E-state index < -0.39 is 5.97 Å². The minimum absolute atomic E-state index is 0.0981. The monoisotopic (exact) mass is 411 g/mol. The Morgan fingerprint density at radius 3 is 2.34 bits per heavy atom. The number of hydrogen-bond acceptors (Lipinski definition) is 5. The van der Waals surface area contributed by atoms with Crippen molar-refractivity contribution >= 4 is 29.2 Å². The van der Waals surface area contributed by atoms with Crippen LogP contribution in [0.3, 0.4) is 0 Å².